The molecule has 0 spiro atoms. The second kappa shape index (κ2) is 10.3. The number of amides is 1. The maximum absolute atomic E-state index is 13.0. The zero-order valence-corrected chi connectivity index (χ0v) is 20.6. The fourth-order valence-corrected chi connectivity index (χ4v) is 5.09. The molecule has 0 atom stereocenters. The summed E-state index contributed by atoms with van der Waals surface area (Å²) in [5, 5.41) is 3.16. The van der Waals surface area contributed by atoms with Crippen LogP contribution in [-0.2, 0) is 13.2 Å². The number of piperazine rings is 1. The van der Waals surface area contributed by atoms with Gasteiger partial charge in [-0.2, -0.15) is 0 Å². The van der Waals surface area contributed by atoms with Gasteiger partial charge in [-0.25, -0.2) is 0 Å². The summed E-state index contributed by atoms with van der Waals surface area (Å²) < 4.78 is 5.94. The van der Waals surface area contributed by atoms with Crippen LogP contribution in [0.25, 0.3) is 0 Å². The molecule has 3 aromatic rings. The minimum atomic E-state index is 0.0989. The van der Waals surface area contributed by atoms with Gasteiger partial charge in [0.2, 0.25) is 0 Å². The minimum absolute atomic E-state index is 0.0989. The fourth-order valence-electron chi connectivity index (χ4n) is 3.91. The molecule has 168 valence electrons. The van der Waals surface area contributed by atoms with Crippen LogP contribution in [0.2, 0.25) is 10.0 Å². The standard InChI is InChI=1S/C25H26Cl2N2O2S/c1-17-9-18(2)11-21(10-17)31-15-20-13-24(32-16-20)25(30)29-7-5-28(6-8-29)14-19-3-4-22(26)23(27)12-19/h3-4,9-13,16H,5-8,14-15H2,1-2H3. The highest BCUT2D eigenvalue weighted by Crippen LogP contribution is 2.24. The Bertz CT molecular complexity index is 1090. The molecule has 1 fully saturated rings. The van der Waals surface area contributed by atoms with E-state index in [1.54, 1.807) is 0 Å². The number of hydrogen-bond donors (Lipinski definition) is 0. The molecule has 1 aliphatic rings. The smallest absolute Gasteiger partial charge is 0.264 e. The van der Waals surface area contributed by atoms with Crippen molar-refractivity contribution in [2.24, 2.45) is 0 Å². The molecule has 1 saturated heterocycles. The van der Waals surface area contributed by atoms with Gasteiger partial charge in [-0.3, -0.25) is 9.69 Å². The Morgan fingerprint density at radius 1 is 0.938 bits per heavy atom. The summed E-state index contributed by atoms with van der Waals surface area (Å²) in [5.41, 5.74) is 4.51. The van der Waals surface area contributed by atoms with Crippen LogP contribution in [0.5, 0.6) is 5.75 Å². The van der Waals surface area contributed by atoms with Gasteiger partial charge in [-0.15, -0.1) is 11.3 Å². The number of nitrogens with zero attached hydrogens (tertiary/aromatic N) is 2. The summed E-state index contributed by atoms with van der Waals surface area (Å²) in [6.07, 6.45) is 0. The molecule has 0 radical (unpaired) electrons. The summed E-state index contributed by atoms with van der Waals surface area (Å²) in [6, 6.07) is 13.9. The van der Waals surface area contributed by atoms with Crippen molar-refractivity contribution in [3.05, 3.63) is 85.0 Å². The SMILES string of the molecule is Cc1cc(C)cc(OCc2csc(C(=O)N3CCN(Cc4ccc(Cl)c(Cl)c4)CC3)c2)c1. The molecular formula is C25H26Cl2N2O2S. The Hall–Kier alpha value is -2.05. The molecule has 2 aromatic carbocycles. The lowest BCUT2D eigenvalue weighted by Gasteiger charge is -2.34. The second-order valence-electron chi connectivity index (χ2n) is 8.25. The molecular weight excluding hydrogens is 463 g/mol. The molecule has 1 aromatic heterocycles. The first kappa shape index (κ1) is 23.1. The molecule has 0 saturated carbocycles. The van der Waals surface area contributed by atoms with E-state index in [-0.39, 0.29) is 5.91 Å². The molecule has 0 unspecified atom stereocenters. The quantitative estimate of drug-likeness (QED) is 0.413. The molecule has 0 aliphatic carbocycles. The van der Waals surface area contributed by atoms with Gasteiger partial charge in [-0.05, 0) is 66.2 Å². The number of thiophene rings is 1. The Balaban J connectivity index is 1.28. The molecule has 4 rings (SSSR count). The topological polar surface area (TPSA) is 32.8 Å². The van der Waals surface area contributed by atoms with Crippen molar-refractivity contribution >= 4 is 40.4 Å². The van der Waals surface area contributed by atoms with Gasteiger partial charge in [0.1, 0.15) is 12.4 Å². The Kier molecular flexibility index (Phi) is 7.41. The van der Waals surface area contributed by atoms with Crippen LogP contribution in [0.3, 0.4) is 0 Å². The maximum atomic E-state index is 13.0. The highest BCUT2D eigenvalue weighted by Gasteiger charge is 2.23. The highest BCUT2D eigenvalue weighted by atomic mass is 35.5. The average Bonchev–Trinajstić information content (AvgIpc) is 3.23. The van der Waals surface area contributed by atoms with Gasteiger partial charge in [0.05, 0.1) is 14.9 Å². The van der Waals surface area contributed by atoms with Crippen LogP contribution in [0, 0.1) is 13.8 Å². The van der Waals surface area contributed by atoms with E-state index in [4.69, 9.17) is 27.9 Å². The largest absolute Gasteiger partial charge is 0.489 e. The fraction of sp³-hybridized carbons (Fsp3) is 0.320. The number of carbonyl (C=O) groups excluding carboxylic acids is 1. The van der Waals surface area contributed by atoms with Gasteiger partial charge in [0.25, 0.3) is 5.91 Å². The van der Waals surface area contributed by atoms with Crippen molar-refractivity contribution in [1.29, 1.82) is 0 Å². The van der Waals surface area contributed by atoms with Gasteiger partial charge >= 0.3 is 0 Å². The van der Waals surface area contributed by atoms with Crippen molar-refractivity contribution in [2.45, 2.75) is 27.0 Å². The van der Waals surface area contributed by atoms with Crippen molar-refractivity contribution in [1.82, 2.24) is 9.80 Å². The van der Waals surface area contributed by atoms with Gasteiger partial charge in [0, 0.05) is 38.3 Å². The first-order valence-electron chi connectivity index (χ1n) is 10.6. The van der Waals surface area contributed by atoms with Crippen LogP contribution in [0.4, 0.5) is 0 Å². The van der Waals surface area contributed by atoms with Crippen LogP contribution in [0.1, 0.15) is 31.9 Å². The van der Waals surface area contributed by atoms with E-state index < -0.39 is 0 Å². The van der Waals surface area contributed by atoms with Crippen LogP contribution in [-0.4, -0.2) is 41.9 Å². The van der Waals surface area contributed by atoms with E-state index >= 15 is 0 Å². The normalized spacial score (nSPS) is 14.6. The zero-order chi connectivity index (χ0) is 22.7. The van der Waals surface area contributed by atoms with Gasteiger partial charge in [0.15, 0.2) is 0 Å². The Morgan fingerprint density at radius 2 is 1.66 bits per heavy atom. The first-order valence-corrected chi connectivity index (χ1v) is 12.2. The van der Waals surface area contributed by atoms with Crippen LogP contribution < -0.4 is 4.74 Å². The number of hydrogen-bond acceptors (Lipinski definition) is 4. The molecule has 32 heavy (non-hydrogen) atoms. The predicted octanol–water partition coefficient (Wildman–Crippen LogP) is 6.21. The van der Waals surface area contributed by atoms with Crippen LogP contribution in [0.15, 0.2) is 47.8 Å². The molecule has 4 nitrogen and oxygen atoms in total. The molecule has 1 amide bonds. The van der Waals surface area contributed by atoms with E-state index in [1.165, 1.54) is 22.5 Å². The van der Waals surface area contributed by atoms with Gasteiger partial charge in [-0.1, -0.05) is 35.3 Å². The summed E-state index contributed by atoms with van der Waals surface area (Å²) in [5.74, 6) is 0.960. The number of aryl methyl sites for hydroxylation is 2. The minimum Gasteiger partial charge on any atom is -0.489 e. The van der Waals surface area contributed by atoms with Crippen molar-refractivity contribution in [2.75, 3.05) is 26.2 Å². The lowest BCUT2D eigenvalue weighted by molar-refractivity contribution is 0.0633. The average molecular weight is 489 g/mol. The third-order valence-corrected chi connectivity index (χ3v) is 7.22. The summed E-state index contributed by atoms with van der Waals surface area (Å²) >= 11 is 13.6. The maximum Gasteiger partial charge on any atom is 0.264 e. The van der Waals surface area contributed by atoms with E-state index in [0.717, 1.165) is 41.4 Å². The Morgan fingerprint density at radius 3 is 2.34 bits per heavy atom. The zero-order valence-electron chi connectivity index (χ0n) is 18.2. The number of ether oxygens (including phenoxy) is 1. The van der Waals surface area contributed by atoms with E-state index in [2.05, 4.69) is 24.8 Å². The number of carbonyl (C=O) groups is 1. The summed E-state index contributed by atoms with van der Waals surface area (Å²) in [4.78, 5) is 18.0. The first-order chi connectivity index (χ1) is 15.4. The Labute approximate surface area is 203 Å². The van der Waals surface area contributed by atoms with Crippen LogP contribution >= 0.6 is 34.5 Å². The highest BCUT2D eigenvalue weighted by molar-refractivity contribution is 7.12. The second-order valence-corrected chi connectivity index (χ2v) is 9.97. The molecule has 0 bridgehead atoms. The van der Waals surface area contributed by atoms with Crippen molar-refractivity contribution in [3.63, 3.8) is 0 Å². The number of benzene rings is 2. The van der Waals surface area contributed by atoms with Gasteiger partial charge < -0.3 is 9.64 Å². The molecule has 2 heterocycles. The van der Waals surface area contributed by atoms with Crippen molar-refractivity contribution in [3.8, 4) is 5.75 Å². The summed E-state index contributed by atoms with van der Waals surface area (Å²) in [7, 11) is 0. The molecule has 0 N–H and O–H groups in total. The number of halogens is 2. The van der Waals surface area contributed by atoms with E-state index in [1.807, 2.05) is 46.7 Å². The third kappa shape index (κ3) is 5.84. The molecule has 1 aliphatic heterocycles. The lowest BCUT2D eigenvalue weighted by Crippen LogP contribution is -2.48. The number of rotatable bonds is 6. The third-order valence-electron chi connectivity index (χ3n) is 5.51. The van der Waals surface area contributed by atoms with E-state index in [9.17, 15) is 4.79 Å². The monoisotopic (exact) mass is 488 g/mol. The summed E-state index contributed by atoms with van der Waals surface area (Å²) in [6.45, 7) is 8.48. The lowest BCUT2D eigenvalue weighted by atomic mass is 10.1. The van der Waals surface area contributed by atoms with E-state index in [0.29, 0.717) is 29.7 Å². The van der Waals surface area contributed by atoms with Crippen molar-refractivity contribution < 1.29 is 9.53 Å². The molecule has 7 heteroatoms. The predicted molar refractivity (Wildman–Crippen MR) is 132 cm³/mol.